The van der Waals surface area contributed by atoms with Gasteiger partial charge in [0, 0.05) is 19.6 Å². The molecule has 1 aromatic carbocycles. The molecule has 1 N–H and O–H groups in total. The Bertz CT molecular complexity index is 445. The van der Waals surface area contributed by atoms with Gasteiger partial charge in [-0.15, -0.1) is 0 Å². The molecule has 0 fully saturated rings. The van der Waals surface area contributed by atoms with Crippen LogP contribution in [-0.2, 0) is 13.0 Å². The van der Waals surface area contributed by atoms with Crippen LogP contribution in [0.15, 0.2) is 35.9 Å². The molecule has 0 aromatic heterocycles. The summed E-state index contributed by atoms with van der Waals surface area (Å²) in [6.45, 7) is 12.3. The Morgan fingerprint density at radius 2 is 1.86 bits per heavy atom. The first-order valence-electron chi connectivity index (χ1n) is 8.30. The smallest absolute Gasteiger partial charge is 0.0237 e. The van der Waals surface area contributed by atoms with E-state index in [9.17, 15) is 0 Å². The first-order chi connectivity index (χ1) is 10.1. The van der Waals surface area contributed by atoms with E-state index in [1.807, 2.05) is 0 Å². The summed E-state index contributed by atoms with van der Waals surface area (Å²) in [7, 11) is 0. The van der Waals surface area contributed by atoms with E-state index in [1.165, 1.54) is 29.7 Å². The molecule has 21 heavy (non-hydrogen) atoms. The lowest BCUT2D eigenvalue weighted by Gasteiger charge is -2.26. The zero-order valence-electron chi connectivity index (χ0n) is 13.9. The van der Waals surface area contributed by atoms with Gasteiger partial charge in [-0.1, -0.05) is 49.8 Å². The second kappa shape index (κ2) is 8.35. The average molecular weight is 286 g/mol. The van der Waals surface area contributed by atoms with Gasteiger partial charge in [-0.2, -0.15) is 0 Å². The normalized spacial score (nSPS) is 16.3. The minimum Gasteiger partial charge on any atom is -0.316 e. The summed E-state index contributed by atoms with van der Waals surface area (Å²) in [5.74, 6) is 0.731. The molecule has 0 amide bonds. The van der Waals surface area contributed by atoms with Crippen molar-refractivity contribution in [1.29, 1.82) is 0 Å². The fraction of sp³-hybridized carbons (Fsp3) is 0.579. The molecule has 0 bridgehead atoms. The van der Waals surface area contributed by atoms with Gasteiger partial charge in [-0.3, -0.25) is 4.90 Å². The fourth-order valence-corrected chi connectivity index (χ4v) is 2.82. The Hall–Kier alpha value is -1.12. The topological polar surface area (TPSA) is 15.3 Å². The number of nitrogens with zero attached hydrogens (tertiary/aromatic N) is 1. The lowest BCUT2D eigenvalue weighted by atomic mass is 10.1. The summed E-state index contributed by atoms with van der Waals surface area (Å²) in [6, 6.07) is 9.18. The number of nitrogens with one attached hydrogen (secondary N) is 1. The molecule has 1 aliphatic heterocycles. The Labute approximate surface area is 130 Å². The van der Waals surface area contributed by atoms with Crippen molar-refractivity contribution in [2.24, 2.45) is 5.92 Å². The van der Waals surface area contributed by atoms with Crippen molar-refractivity contribution >= 4 is 0 Å². The fourth-order valence-electron chi connectivity index (χ4n) is 2.82. The maximum absolute atomic E-state index is 3.50. The van der Waals surface area contributed by atoms with Crippen LogP contribution in [0.2, 0.25) is 0 Å². The van der Waals surface area contributed by atoms with Crippen molar-refractivity contribution < 1.29 is 0 Å². The third kappa shape index (κ3) is 6.03. The Kier molecular flexibility index (Phi) is 6.47. The summed E-state index contributed by atoms with van der Waals surface area (Å²) >= 11 is 0. The summed E-state index contributed by atoms with van der Waals surface area (Å²) in [4.78, 5) is 2.54. The molecule has 0 saturated carbocycles. The van der Waals surface area contributed by atoms with E-state index in [0.29, 0.717) is 0 Å². The maximum atomic E-state index is 3.50. The minimum atomic E-state index is 0.731. The van der Waals surface area contributed by atoms with Gasteiger partial charge < -0.3 is 5.32 Å². The standard InChI is InChI=1S/C19H30N2/c1-16(2)13-20-11-10-18-6-8-19(9-7-18)15-21-12-4-5-17(3)14-21/h5-9,16,20H,4,10-15H2,1-3H3. The van der Waals surface area contributed by atoms with Crippen molar-refractivity contribution in [3.05, 3.63) is 47.0 Å². The van der Waals surface area contributed by atoms with E-state index in [1.54, 1.807) is 0 Å². The van der Waals surface area contributed by atoms with E-state index >= 15 is 0 Å². The maximum Gasteiger partial charge on any atom is 0.0237 e. The largest absolute Gasteiger partial charge is 0.316 e. The zero-order chi connectivity index (χ0) is 15.1. The van der Waals surface area contributed by atoms with Crippen LogP contribution < -0.4 is 5.32 Å². The quantitative estimate of drug-likeness (QED) is 0.608. The van der Waals surface area contributed by atoms with E-state index in [4.69, 9.17) is 0 Å². The Morgan fingerprint density at radius 3 is 2.52 bits per heavy atom. The predicted octanol–water partition coefficient (Wildman–Crippen LogP) is 3.63. The summed E-state index contributed by atoms with van der Waals surface area (Å²) in [5.41, 5.74) is 4.38. The van der Waals surface area contributed by atoms with E-state index in [2.05, 4.69) is 61.3 Å². The van der Waals surface area contributed by atoms with Crippen molar-refractivity contribution in [1.82, 2.24) is 10.2 Å². The van der Waals surface area contributed by atoms with E-state index in [-0.39, 0.29) is 0 Å². The van der Waals surface area contributed by atoms with Crippen molar-refractivity contribution in [2.45, 2.75) is 40.2 Å². The van der Waals surface area contributed by atoms with Crippen LogP contribution in [0.5, 0.6) is 0 Å². The van der Waals surface area contributed by atoms with Crippen molar-refractivity contribution in [3.8, 4) is 0 Å². The molecule has 1 heterocycles. The average Bonchev–Trinajstić information content (AvgIpc) is 2.45. The molecule has 2 rings (SSSR count). The monoisotopic (exact) mass is 286 g/mol. The van der Waals surface area contributed by atoms with Gasteiger partial charge in [0.1, 0.15) is 0 Å². The zero-order valence-corrected chi connectivity index (χ0v) is 13.9. The minimum absolute atomic E-state index is 0.731. The molecule has 0 atom stereocenters. The number of rotatable bonds is 7. The van der Waals surface area contributed by atoms with Crippen molar-refractivity contribution in [2.75, 3.05) is 26.2 Å². The second-order valence-corrected chi connectivity index (χ2v) is 6.71. The molecule has 0 aliphatic carbocycles. The van der Waals surface area contributed by atoms with Gasteiger partial charge in [0.05, 0.1) is 0 Å². The van der Waals surface area contributed by atoms with Crippen LogP contribution in [0.4, 0.5) is 0 Å². The van der Waals surface area contributed by atoms with Crippen LogP contribution in [0.25, 0.3) is 0 Å². The highest BCUT2D eigenvalue weighted by molar-refractivity contribution is 5.23. The third-order valence-electron chi connectivity index (χ3n) is 3.98. The first kappa shape index (κ1) is 16.3. The van der Waals surface area contributed by atoms with Crippen LogP contribution >= 0.6 is 0 Å². The van der Waals surface area contributed by atoms with E-state index in [0.717, 1.165) is 38.5 Å². The van der Waals surface area contributed by atoms with Crippen LogP contribution in [-0.4, -0.2) is 31.1 Å². The molecule has 2 heteroatoms. The molecule has 1 aliphatic rings. The summed E-state index contributed by atoms with van der Waals surface area (Å²) in [6.07, 6.45) is 4.69. The van der Waals surface area contributed by atoms with Crippen molar-refractivity contribution in [3.63, 3.8) is 0 Å². The van der Waals surface area contributed by atoms with Crippen LogP contribution in [0.1, 0.15) is 38.3 Å². The Morgan fingerprint density at radius 1 is 1.14 bits per heavy atom. The molecular formula is C19H30N2. The molecule has 0 unspecified atom stereocenters. The van der Waals surface area contributed by atoms with E-state index < -0.39 is 0 Å². The molecule has 2 nitrogen and oxygen atoms in total. The highest BCUT2D eigenvalue weighted by Gasteiger charge is 2.10. The molecule has 116 valence electrons. The second-order valence-electron chi connectivity index (χ2n) is 6.71. The third-order valence-corrected chi connectivity index (χ3v) is 3.98. The SMILES string of the molecule is CC1=CCCN(Cc2ccc(CCNCC(C)C)cc2)C1. The molecule has 1 aromatic rings. The Balaban J connectivity index is 1.75. The van der Waals surface area contributed by atoms with Gasteiger partial charge in [0.25, 0.3) is 0 Å². The van der Waals surface area contributed by atoms with Gasteiger partial charge in [-0.25, -0.2) is 0 Å². The number of hydrogen-bond donors (Lipinski definition) is 1. The molecule has 0 spiro atoms. The van der Waals surface area contributed by atoms with Gasteiger partial charge >= 0.3 is 0 Å². The molecular weight excluding hydrogens is 256 g/mol. The van der Waals surface area contributed by atoms with Gasteiger partial charge in [-0.05, 0) is 49.9 Å². The first-order valence-corrected chi connectivity index (χ1v) is 8.30. The van der Waals surface area contributed by atoms with Crippen LogP contribution in [0, 0.1) is 5.92 Å². The predicted molar refractivity (Wildman–Crippen MR) is 91.5 cm³/mol. The van der Waals surface area contributed by atoms with Gasteiger partial charge in [0.2, 0.25) is 0 Å². The summed E-state index contributed by atoms with van der Waals surface area (Å²) < 4.78 is 0. The highest BCUT2D eigenvalue weighted by Crippen LogP contribution is 2.13. The molecule has 0 saturated heterocycles. The molecule has 0 radical (unpaired) electrons. The van der Waals surface area contributed by atoms with Gasteiger partial charge in [0.15, 0.2) is 0 Å². The lowest BCUT2D eigenvalue weighted by molar-refractivity contribution is 0.282. The number of benzene rings is 1. The summed E-state index contributed by atoms with van der Waals surface area (Å²) in [5, 5.41) is 3.50. The lowest BCUT2D eigenvalue weighted by Crippen LogP contribution is -2.28. The highest BCUT2D eigenvalue weighted by atomic mass is 15.1. The van der Waals surface area contributed by atoms with Crippen LogP contribution in [0.3, 0.4) is 0 Å². The number of hydrogen-bond acceptors (Lipinski definition) is 2.